The van der Waals surface area contributed by atoms with Gasteiger partial charge in [-0.15, -0.1) is 0 Å². The number of hydrogen-bond donors (Lipinski definition) is 1. The molecule has 0 saturated heterocycles. The molecule has 5 heteroatoms. The molecule has 0 atom stereocenters. The minimum absolute atomic E-state index is 0.259. The van der Waals surface area contributed by atoms with Crippen LogP contribution in [0.3, 0.4) is 0 Å². The highest BCUT2D eigenvalue weighted by Gasteiger charge is 2.13. The van der Waals surface area contributed by atoms with Crippen molar-refractivity contribution in [2.24, 2.45) is 0 Å². The summed E-state index contributed by atoms with van der Waals surface area (Å²) in [7, 11) is 1.27. The fraction of sp³-hybridized carbons (Fsp3) is 0.167. The zero-order chi connectivity index (χ0) is 12.8. The summed E-state index contributed by atoms with van der Waals surface area (Å²) in [4.78, 5) is 22.8. The van der Waals surface area contributed by atoms with E-state index < -0.39 is 5.97 Å². The van der Waals surface area contributed by atoms with Crippen LogP contribution in [0, 0.1) is 0 Å². The predicted octanol–water partition coefficient (Wildman–Crippen LogP) is 2.64. The lowest BCUT2D eigenvalue weighted by molar-refractivity contribution is -0.111. The monoisotopic (exact) mass is 253 g/mol. The molecule has 1 aromatic rings. The standard InChI is InChI=1S/C12H12ClNO3/c1-3-4-11(15)14-10-7-8(13)5-6-9(10)12(16)17-2/h3-7H,1-2H3,(H,14,15). The number of carbonyl (C=O) groups excluding carboxylic acids is 2. The van der Waals surface area contributed by atoms with Gasteiger partial charge in [0.1, 0.15) is 0 Å². The zero-order valence-corrected chi connectivity index (χ0v) is 10.2. The van der Waals surface area contributed by atoms with Crippen LogP contribution >= 0.6 is 11.6 Å². The van der Waals surface area contributed by atoms with E-state index in [-0.39, 0.29) is 11.5 Å². The highest BCUT2D eigenvalue weighted by atomic mass is 35.5. The Morgan fingerprint density at radius 1 is 1.41 bits per heavy atom. The van der Waals surface area contributed by atoms with Gasteiger partial charge >= 0.3 is 5.97 Å². The van der Waals surface area contributed by atoms with Gasteiger partial charge < -0.3 is 10.1 Å². The summed E-state index contributed by atoms with van der Waals surface area (Å²) in [6.45, 7) is 1.72. The Bertz CT molecular complexity index is 469. The van der Waals surface area contributed by atoms with E-state index in [2.05, 4.69) is 10.1 Å². The van der Waals surface area contributed by atoms with Crippen molar-refractivity contribution in [2.75, 3.05) is 12.4 Å². The molecular formula is C12H12ClNO3. The smallest absolute Gasteiger partial charge is 0.339 e. The average molecular weight is 254 g/mol. The molecular weight excluding hydrogens is 242 g/mol. The summed E-state index contributed by atoms with van der Waals surface area (Å²) < 4.78 is 4.61. The van der Waals surface area contributed by atoms with E-state index in [0.717, 1.165) is 0 Å². The van der Waals surface area contributed by atoms with E-state index >= 15 is 0 Å². The van der Waals surface area contributed by atoms with Crippen molar-refractivity contribution in [3.8, 4) is 0 Å². The Kier molecular flexibility index (Phi) is 4.72. The van der Waals surface area contributed by atoms with Crippen molar-refractivity contribution in [3.63, 3.8) is 0 Å². The molecule has 17 heavy (non-hydrogen) atoms. The lowest BCUT2D eigenvalue weighted by atomic mass is 10.2. The molecule has 1 aromatic carbocycles. The number of halogens is 1. The minimum atomic E-state index is -0.530. The van der Waals surface area contributed by atoms with E-state index in [1.807, 2.05) is 0 Å². The first-order chi connectivity index (χ1) is 8.08. The molecule has 0 aliphatic heterocycles. The number of anilines is 1. The second-order valence-corrected chi connectivity index (χ2v) is 3.61. The topological polar surface area (TPSA) is 55.4 Å². The largest absolute Gasteiger partial charge is 0.465 e. The van der Waals surface area contributed by atoms with Gasteiger partial charge in [0, 0.05) is 5.02 Å². The maximum absolute atomic E-state index is 11.5. The number of methoxy groups -OCH3 is 1. The van der Waals surface area contributed by atoms with E-state index in [1.165, 1.54) is 25.3 Å². The number of ether oxygens (including phenoxy) is 1. The molecule has 0 unspecified atom stereocenters. The third kappa shape index (κ3) is 3.60. The van der Waals surface area contributed by atoms with E-state index in [0.29, 0.717) is 10.7 Å². The number of benzene rings is 1. The second kappa shape index (κ2) is 6.06. The highest BCUT2D eigenvalue weighted by Crippen LogP contribution is 2.21. The van der Waals surface area contributed by atoms with Crippen molar-refractivity contribution in [2.45, 2.75) is 6.92 Å². The number of amides is 1. The first-order valence-electron chi connectivity index (χ1n) is 4.90. The van der Waals surface area contributed by atoms with Crippen LogP contribution in [0.5, 0.6) is 0 Å². The zero-order valence-electron chi connectivity index (χ0n) is 9.49. The molecule has 0 radical (unpaired) electrons. The van der Waals surface area contributed by atoms with Gasteiger partial charge in [-0.05, 0) is 31.2 Å². The van der Waals surface area contributed by atoms with Crippen molar-refractivity contribution >= 4 is 29.2 Å². The average Bonchev–Trinajstić information content (AvgIpc) is 2.28. The quantitative estimate of drug-likeness (QED) is 0.666. The van der Waals surface area contributed by atoms with Gasteiger partial charge in [0.05, 0.1) is 18.4 Å². The van der Waals surface area contributed by atoms with Crippen molar-refractivity contribution in [1.29, 1.82) is 0 Å². The number of carbonyl (C=O) groups is 2. The Morgan fingerprint density at radius 2 is 2.12 bits per heavy atom. The van der Waals surface area contributed by atoms with Crippen molar-refractivity contribution in [3.05, 3.63) is 40.9 Å². The molecule has 1 amide bonds. The number of nitrogens with one attached hydrogen (secondary N) is 1. The molecule has 0 aliphatic carbocycles. The van der Waals surface area contributed by atoms with Gasteiger partial charge in [-0.1, -0.05) is 17.7 Å². The number of rotatable bonds is 3. The first-order valence-corrected chi connectivity index (χ1v) is 5.27. The Balaban J connectivity index is 3.07. The van der Waals surface area contributed by atoms with Crippen LogP contribution in [-0.2, 0) is 9.53 Å². The van der Waals surface area contributed by atoms with Gasteiger partial charge in [-0.2, -0.15) is 0 Å². The molecule has 90 valence electrons. The SMILES string of the molecule is CC=CC(=O)Nc1cc(Cl)ccc1C(=O)OC. The third-order valence-corrected chi connectivity index (χ3v) is 2.20. The Morgan fingerprint density at radius 3 is 2.71 bits per heavy atom. The summed E-state index contributed by atoms with van der Waals surface area (Å²) in [6, 6.07) is 4.55. The molecule has 0 bridgehead atoms. The Labute approximate surface area is 104 Å². The fourth-order valence-electron chi connectivity index (χ4n) is 1.23. The Hall–Kier alpha value is -1.81. The van der Waals surface area contributed by atoms with Crippen LogP contribution in [0.25, 0.3) is 0 Å². The molecule has 4 nitrogen and oxygen atoms in total. The summed E-state index contributed by atoms with van der Waals surface area (Å²) >= 11 is 5.80. The van der Waals surface area contributed by atoms with Crippen LogP contribution in [0.2, 0.25) is 5.02 Å². The van der Waals surface area contributed by atoms with Gasteiger partial charge in [-0.3, -0.25) is 4.79 Å². The number of allylic oxidation sites excluding steroid dienone is 1. The number of esters is 1. The van der Waals surface area contributed by atoms with E-state index in [4.69, 9.17) is 11.6 Å². The molecule has 0 heterocycles. The normalized spacial score (nSPS) is 10.3. The predicted molar refractivity (Wildman–Crippen MR) is 66.2 cm³/mol. The second-order valence-electron chi connectivity index (χ2n) is 3.17. The van der Waals surface area contributed by atoms with Gasteiger partial charge in [0.15, 0.2) is 0 Å². The lowest BCUT2D eigenvalue weighted by Crippen LogP contribution is -2.12. The molecule has 0 saturated carbocycles. The van der Waals surface area contributed by atoms with Crippen LogP contribution in [0.15, 0.2) is 30.4 Å². The van der Waals surface area contributed by atoms with Crippen molar-refractivity contribution in [1.82, 2.24) is 0 Å². The van der Waals surface area contributed by atoms with E-state index in [1.54, 1.807) is 19.1 Å². The maximum atomic E-state index is 11.5. The van der Waals surface area contributed by atoms with E-state index in [9.17, 15) is 9.59 Å². The lowest BCUT2D eigenvalue weighted by Gasteiger charge is -2.08. The van der Waals surface area contributed by atoms with Crippen LogP contribution < -0.4 is 5.32 Å². The summed E-state index contributed by atoms with van der Waals surface area (Å²) in [5, 5.41) is 2.98. The molecule has 0 fully saturated rings. The van der Waals surface area contributed by atoms with Crippen LogP contribution in [0.4, 0.5) is 5.69 Å². The highest BCUT2D eigenvalue weighted by molar-refractivity contribution is 6.31. The van der Waals surface area contributed by atoms with Gasteiger partial charge in [0.2, 0.25) is 5.91 Å². The first kappa shape index (κ1) is 13.3. The number of hydrogen-bond acceptors (Lipinski definition) is 3. The summed E-state index contributed by atoms with van der Waals surface area (Å²) in [5.74, 6) is -0.864. The maximum Gasteiger partial charge on any atom is 0.339 e. The minimum Gasteiger partial charge on any atom is -0.465 e. The third-order valence-electron chi connectivity index (χ3n) is 1.96. The molecule has 1 N–H and O–H groups in total. The summed E-state index contributed by atoms with van der Waals surface area (Å²) in [6.07, 6.45) is 2.94. The summed E-state index contributed by atoms with van der Waals surface area (Å²) in [5.41, 5.74) is 0.585. The van der Waals surface area contributed by atoms with Gasteiger partial charge in [-0.25, -0.2) is 4.79 Å². The van der Waals surface area contributed by atoms with Gasteiger partial charge in [0.25, 0.3) is 0 Å². The fourth-order valence-corrected chi connectivity index (χ4v) is 1.41. The molecule has 0 aromatic heterocycles. The van der Waals surface area contributed by atoms with Crippen molar-refractivity contribution < 1.29 is 14.3 Å². The van der Waals surface area contributed by atoms with Crippen LogP contribution in [-0.4, -0.2) is 19.0 Å². The van der Waals surface area contributed by atoms with Crippen LogP contribution in [0.1, 0.15) is 17.3 Å². The molecule has 1 rings (SSSR count). The molecule has 0 aliphatic rings. The molecule has 0 spiro atoms.